The maximum absolute atomic E-state index is 16.0. The van der Waals surface area contributed by atoms with Crippen molar-refractivity contribution in [3.63, 3.8) is 0 Å². The SMILES string of the molecule is COC(=O)C1(OC(C)=O)OC([C@H](OC(C)=O)[C@@H](COC(C)=O)OC(C)=O)C(NC(C)=O)C(OC(C)=O)C1F. The molecule has 0 spiro atoms. The Bertz CT molecular complexity index is 954. The highest BCUT2D eigenvalue weighted by Gasteiger charge is 2.67. The number of carbonyl (C=O) groups excluding carboxylic acids is 7. The second-order valence-corrected chi connectivity index (χ2v) is 8.06. The van der Waals surface area contributed by atoms with E-state index in [1.807, 2.05) is 0 Å². The summed E-state index contributed by atoms with van der Waals surface area (Å²) >= 11 is 0. The Morgan fingerprint density at radius 2 is 1.45 bits per heavy atom. The molecule has 0 aliphatic carbocycles. The van der Waals surface area contributed by atoms with Crippen molar-refractivity contribution in [3.05, 3.63) is 0 Å². The molecule has 1 aliphatic heterocycles. The van der Waals surface area contributed by atoms with Crippen molar-refractivity contribution in [1.82, 2.24) is 5.32 Å². The first-order chi connectivity index (χ1) is 17.5. The van der Waals surface area contributed by atoms with Crippen LogP contribution in [0.4, 0.5) is 4.39 Å². The van der Waals surface area contributed by atoms with Crippen LogP contribution in [-0.2, 0) is 66.7 Å². The van der Waals surface area contributed by atoms with Gasteiger partial charge < -0.3 is 38.5 Å². The number of hydrogen-bond donors (Lipinski definition) is 1. The van der Waals surface area contributed by atoms with Crippen molar-refractivity contribution in [2.75, 3.05) is 13.7 Å². The fourth-order valence-corrected chi connectivity index (χ4v) is 3.71. The van der Waals surface area contributed by atoms with Crippen LogP contribution in [0.2, 0.25) is 0 Å². The molecule has 1 N–H and O–H groups in total. The minimum absolute atomic E-state index is 0.740. The summed E-state index contributed by atoms with van der Waals surface area (Å²) in [7, 11) is 0.811. The average Bonchev–Trinajstić information content (AvgIpc) is 2.77. The Morgan fingerprint density at radius 3 is 1.87 bits per heavy atom. The van der Waals surface area contributed by atoms with Crippen LogP contribution in [0.3, 0.4) is 0 Å². The topological polar surface area (TPSA) is 196 Å². The van der Waals surface area contributed by atoms with Gasteiger partial charge in [0.2, 0.25) is 12.1 Å². The molecule has 5 unspecified atom stereocenters. The van der Waals surface area contributed by atoms with Crippen LogP contribution in [0.15, 0.2) is 0 Å². The van der Waals surface area contributed by atoms with Gasteiger partial charge in [0.1, 0.15) is 12.7 Å². The van der Waals surface area contributed by atoms with E-state index in [0.717, 1.165) is 48.7 Å². The van der Waals surface area contributed by atoms with Crippen molar-refractivity contribution < 1.29 is 71.1 Å². The van der Waals surface area contributed by atoms with Crippen LogP contribution < -0.4 is 5.32 Å². The summed E-state index contributed by atoms with van der Waals surface area (Å²) in [6.45, 7) is 4.89. The zero-order valence-corrected chi connectivity index (χ0v) is 21.8. The summed E-state index contributed by atoms with van der Waals surface area (Å²) in [4.78, 5) is 84.0. The van der Waals surface area contributed by atoms with Crippen LogP contribution in [0, 0.1) is 0 Å². The first kappa shape index (κ1) is 32.2. The molecule has 1 aliphatic rings. The quantitative estimate of drug-likeness (QED) is 0.257. The van der Waals surface area contributed by atoms with Crippen molar-refractivity contribution in [2.45, 2.75) is 84.0 Å². The Kier molecular flexibility index (Phi) is 11.6. The summed E-state index contributed by atoms with van der Waals surface area (Å²) in [5.74, 6) is -10.8. The number of halogens is 1. The van der Waals surface area contributed by atoms with E-state index >= 15 is 4.39 Å². The molecule has 15 nitrogen and oxygen atoms in total. The molecule has 1 heterocycles. The van der Waals surface area contributed by atoms with Gasteiger partial charge in [-0.1, -0.05) is 0 Å². The van der Waals surface area contributed by atoms with E-state index < -0.39 is 90.7 Å². The van der Waals surface area contributed by atoms with E-state index in [2.05, 4.69) is 10.1 Å². The molecule has 1 rings (SSSR count). The van der Waals surface area contributed by atoms with E-state index in [1.54, 1.807) is 0 Å². The standard InChI is InChI=1S/C22H30FNO14/c1-9(25)24-16-18(17(35-12(4)28)15(34-11(3)27)8-33-10(2)26)38-22(21(31)32-7,37-14(6)30)20(23)19(16)36-13(5)29/h15-20H,8H2,1-7H3,(H,24,25)/t15-,16?,17-,18?,19?,20?,22?/m1/s1. The molecule has 1 amide bonds. The summed E-state index contributed by atoms with van der Waals surface area (Å²) < 4.78 is 51.4. The lowest BCUT2D eigenvalue weighted by molar-refractivity contribution is -0.326. The van der Waals surface area contributed by atoms with Crippen LogP contribution in [0.25, 0.3) is 0 Å². The van der Waals surface area contributed by atoms with Crippen molar-refractivity contribution in [3.8, 4) is 0 Å². The predicted octanol–water partition coefficient (Wildman–Crippen LogP) is -0.981. The normalized spacial score (nSPS) is 26.0. The van der Waals surface area contributed by atoms with Crippen molar-refractivity contribution in [1.29, 1.82) is 0 Å². The third-order valence-corrected chi connectivity index (χ3v) is 4.87. The zero-order valence-electron chi connectivity index (χ0n) is 21.8. The number of methoxy groups -OCH3 is 1. The molecule has 0 radical (unpaired) electrons. The third kappa shape index (κ3) is 8.36. The number of esters is 6. The van der Waals surface area contributed by atoms with Gasteiger partial charge in [-0.15, -0.1) is 0 Å². The first-order valence-corrected chi connectivity index (χ1v) is 11.1. The van der Waals surface area contributed by atoms with Crippen molar-refractivity contribution in [2.24, 2.45) is 0 Å². The summed E-state index contributed by atoms with van der Waals surface area (Å²) in [5.41, 5.74) is 0. The van der Waals surface area contributed by atoms with Gasteiger partial charge in [-0.05, 0) is 0 Å². The second kappa shape index (κ2) is 13.6. The Morgan fingerprint density at radius 1 is 0.868 bits per heavy atom. The molecule has 0 saturated carbocycles. The molecular weight excluding hydrogens is 521 g/mol. The van der Waals surface area contributed by atoms with Gasteiger partial charge in [0.05, 0.1) is 13.2 Å². The third-order valence-electron chi connectivity index (χ3n) is 4.87. The fourth-order valence-electron chi connectivity index (χ4n) is 3.71. The zero-order chi connectivity index (χ0) is 29.4. The minimum atomic E-state index is -3.25. The number of nitrogens with one attached hydrogen (secondary N) is 1. The monoisotopic (exact) mass is 551 g/mol. The smallest absolute Gasteiger partial charge is 0.383 e. The molecule has 1 fully saturated rings. The summed E-state index contributed by atoms with van der Waals surface area (Å²) in [6, 6.07) is -1.75. The molecule has 0 aromatic carbocycles. The molecule has 0 bridgehead atoms. The predicted molar refractivity (Wildman–Crippen MR) is 117 cm³/mol. The summed E-state index contributed by atoms with van der Waals surface area (Å²) in [5, 5.41) is 2.28. The molecule has 0 aromatic rings. The van der Waals surface area contributed by atoms with Gasteiger partial charge in [0.25, 0.3) is 0 Å². The maximum Gasteiger partial charge on any atom is 0.383 e. The lowest BCUT2D eigenvalue weighted by Crippen LogP contribution is -2.74. The number of alkyl halides is 1. The largest absolute Gasteiger partial charge is 0.464 e. The van der Waals surface area contributed by atoms with Gasteiger partial charge in [0.15, 0.2) is 18.3 Å². The molecular formula is C22H30FNO14. The second-order valence-electron chi connectivity index (χ2n) is 8.06. The van der Waals surface area contributed by atoms with E-state index in [4.69, 9.17) is 28.4 Å². The molecule has 1 saturated heterocycles. The highest BCUT2D eigenvalue weighted by molar-refractivity contribution is 5.83. The maximum atomic E-state index is 16.0. The van der Waals surface area contributed by atoms with Gasteiger partial charge in [-0.3, -0.25) is 28.8 Å². The van der Waals surface area contributed by atoms with Crippen LogP contribution >= 0.6 is 0 Å². The molecule has 7 atom stereocenters. The van der Waals surface area contributed by atoms with Crippen LogP contribution in [0.1, 0.15) is 41.5 Å². The van der Waals surface area contributed by atoms with E-state index in [-0.39, 0.29) is 0 Å². The van der Waals surface area contributed by atoms with Gasteiger partial charge in [-0.25, -0.2) is 9.18 Å². The van der Waals surface area contributed by atoms with Gasteiger partial charge in [-0.2, -0.15) is 0 Å². The molecule has 38 heavy (non-hydrogen) atoms. The van der Waals surface area contributed by atoms with Crippen LogP contribution in [0.5, 0.6) is 0 Å². The van der Waals surface area contributed by atoms with Crippen molar-refractivity contribution >= 4 is 41.7 Å². The van der Waals surface area contributed by atoms with Gasteiger partial charge in [0, 0.05) is 41.5 Å². The number of carbonyl (C=O) groups is 7. The average molecular weight is 551 g/mol. The van der Waals surface area contributed by atoms with Crippen LogP contribution in [-0.4, -0.2) is 97.9 Å². The lowest BCUT2D eigenvalue weighted by Gasteiger charge is -2.49. The molecule has 16 heteroatoms. The lowest BCUT2D eigenvalue weighted by atomic mass is 9.86. The number of hydrogen-bond acceptors (Lipinski definition) is 14. The Balaban J connectivity index is 3.93. The minimum Gasteiger partial charge on any atom is -0.464 e. The number of ether oxygens (including phenoxy) is 7. The Hall–Kier alpha value is -3.82. The molecule has 214 valence electrons. The Labute approximate surface area is 216 Å². The number of rotatable bonds is 10. The van der Waals surface area contributed by atoms with E-state index in [9.17, 15) is 33.6 Å². The van der Waals surface area contributed by atoms with E-state index in [1.165, 1.54) is 0 Å². The highest BCUT2D eigenvalue weighted by atomic mass is 19.1. The number of amides is 1. The summed E-state index contributed by atoms with van der Waals surface area (Å²) in [6.07, 6.45) is -10.4. The first-order valence-electron chi connectivity index (χ1n) is 11.1. The highest BCUT2D eigenvalue weighted by Crippen LogP contribution is 2.39. The van der Waals surface area contributed by atoms with Gasteiger partial charge >= 0.3 is 41.6 Å². The molecule has 0 aromatic heterocycles. The fraction of sp³-hybridized carbons (Fsp3) is 0.682. The van der Waals surface area contributed by atoms with E-state index in [0.29, 0.717) is 0 Å².